The monoisotopic (exact) mass is 311 g/mol. The number of nitrogens with zero attached hydrogens (tertiary/aromatic N) is 1. The van der Waals surface area contributed by atoms with Crippen LogP contribution in [0, 0.1) is 0 Å². The molecule has 110 valence electrons. The Morgan fingerprint density at radius 1 is 1.50 bits per heavy atom. The van der Waals surface area contributed by atoms with Gasteiger partial charge in [0.25, 0.3) is 5.91 Å². The van der Waals surface area contributed by atoms with E-state index in [-0.39, 0.29) is 22.8 Å². The molecule has 0 fully saturated rings. The maximum Gasteiger partial charge on any atom is 0.490 e. The molecule has 1 aliphatic heterocycles. The van der Waals surface area contributed by atoms with Crippen LogP contribution >= 0.6 is 11.6 Å². The molecule has 1 unspecified atom stereocenters. The number of nitrogens with one attached hydrogen (secondary N) is 1. The number of ether oxygens (including phenoxy) is 1. The number of fused-ring (bicyclic) bond motifs is 1. The van der Waals surface area contributed by atoms with E-state index in [2.05, 4.69) is 10.1 Å². The molecular weight excluding hydrogens is 303 g/mol. The van der Waals surface area contributed by atoms with Crippen LogP contribution in [0.5, 0.6) is 0 Å². The lowest BCUT2D eigenvalue weighted by Crippen LogP contribution is -2.39. The molecule has 1 aliphatic rings. The van der Waals surface area contributed by atoms with E-state index in [1.807, 2.05) is 0 Å². The molecule has 10 heteroatoms. The first kappa shape index (κ1) is 14.7. The number of nitrogens with two attached hydrogens (primary N) is 1. The molecule has 2 rings (SSSR count). The largest absolute Gasteiger partial charge is 0.490 e. The Morgan fingerprint density at radius 2 is 2.15 bits per heavy atom. The van der Waals surface area contributed by atoms with Crippen LogP contribution in [0.2, 0.25) is 5.02 Å². The van der Waals surface area contributed by atoms with E-state index < -0.39 is 24.3 Å². The van der Waals surface area contributed by atoms with Gasteiger partial charge >= 0.3 is 12.1 Å². The van der Waals surface area contributed by atoms with Crippen molar-refractivity contribution in [2.75, 3.05) is 6.54 Å². The summed E-state index contributed by atoms with van der Waals surface area (Å²) in [5.74, 6) is -3.28. The van der Waals surface area contributed by atoms with Crippen LogP contribution in [0.4, 0.5) is 13.2 Å². The maximum absolute atomic E-state index is 12.2. The molecule has 0 saturated heterocycles. The van der Waals surface area contributed by atoms with Crippen molar-refractivity contribution in [2.24, 2.45) is 5.73 Å². The van der Waals surface area contributed by atoms with Crippen molar-refractivity contribution >= 4 is 23.5 Å². The highest BCUT2D eigenvalue weighted by molar-refractivity contribution is 6.34. The smallest absolute Gasteiger partial charge is 0.434 e. The zero-order valence-electron chi connectivity index (χ0n) is 9.83. The molecular formula is C10H9ClF3N3O3. The van der Waals surface area contributed by atoms with Crippen LogP contribution in [0.15, 0.2) is 6.20 Å². The molecule has 2 heterocycles. The van der Waals surface area contributed by atoms with Gasteiger partial charge in [0.05, 0.1) is 16.3 Å². The van der Waals surface area contributed by atoms with E-state index >= 15 is 0 Å². The number of carbonyl (C=O) groups is 2. The second-order valence-electron chi connectivity index (χ2n) is 4.03. The highest BCUT2D eigenvalue weighted by Crippen LogP contribution is 2.31. The number of primary amides is 1. The molecule has 1 aromatic heterocycles. The minimum absolute atomic E-state index is 0.00588. The summed E-state index contributed by atoms with van der Waals surface area (Å²) < 4.78 is 42.4. The van der Waals surface area contributed by atoms with Crippen LogP contribution in [-0.4, -0.2) is 29.2 Å². The Balaban J connectivity index is 2.37. The van der Waals surface area contributed by atoms with Gasteiger partial charge in [0.2, 0.25) is 0 Å². The molecule has 3 N–H and O–H groups in total. The summed E-state index contributed by atoms with van der Waals surface area (Å²) in [6.07, 6.45) is -5.22. The number of rotatable bonds is 2. The zero-order chi connectivity index (χ0) is 15.1. The van der Waals surface area contributed by atoms with Gasteiger partial charge in [0.1, 0.15) is 0 Å². The van der Waals surface area contributed by atoms with E-state index in [9.17, 15) is 22.8 Å². The molecule has 20 heavy (non-hydrogen) atoms. The van der Waals surface area contributed by atoms with Gasteiger partial charge in [-0.15, -0.1) is 0 Å². The minimum Gasteiger partial charge on any atom is -0.434 e. The number of amides is 1. The highest BCUT2D eigenvalue weighted by atomic mass is 35.5. The summed E-state index contributed by atoms with van der Waals surface area (Å²) >= 11 is 5.81. The summed E-state index contributed by atoms with van der Waals surface area (Å²) in [7, 11) is 0. The summed E-state index contributed by atoms with van der Waals surface area (Å²) in [5.41, 5.74) is 4.97. The lowest BCUT2D eigenvalue weighted by atomic mass is 10.2. The van der Waals surface area contributed by atoms with Crippen molar-refractivity contribution in [3.63, 3.8) is 0 Å². The SMILES string of the molecule is NC(=O)c1c(Cl)cn2c1C(OC(=O)C(F)(F)F)NCC2. The van der Waals surface area contributed by atoms with Gasteiger partial charge in [-0.1, -0.05) is 11.6 Å². The third kappa shape index (κ3) is 2.59. The number of hydrogen-bond donors (Lipinski definition) is 2. The van der Waals surface area contributed by atoms with Crippen LogP contribution in [0.3, 0.4) is 0 Å². The molecule has 1 amide bonds. The van der Waals surface area contributed by atoms with Crippen molar-refractivity contribution in [3.05, 3.63) is 22.5 Å². The average molecular weight is 312 g/mol. The fourth-order valence-corrected chi connectivity index (χ4v) is 2.24. The number of alkyl halides is 3. The van der Waals surface area contributed by atoms with Gasteiger partial charge < -0.3 is 15.0 Å². The molecule has 0 bridgehead atoms. The normalized spacial score (nSPS) is 18.5. The molecule has 1 aromatic rings. The molecule has 0 spiro atoms. The molecule has 0 saturated carbocycles. The summed E-state index contributed by atoms with van der Waals surface area (Å²) in [6.45, 7) is 0.592. The zero-order valence-corrected chi connectivity index (χ0v) is 10.6. The Morgan fingerprint density at radius 3 is 2.70 bits per heavy atom. The maximum atomic E-state index is 12.2. The average Bonchev–Trinajstić information content (AvgIpc) is 2.64. The second kappa shape index (κ2) is 4.98. The summed E-state index contributed by atoms with van der Waals surface area (Å²) in [5, 5.41) is 2.55. The first-order chi connectivity index (χ1) is 9.21. The number of hydrogen-bond acceptors (Lipinski definition) is 4. The highest BCUT2D eigenvalue weighted by Gasteiger charge is 2.44. The van der Waals surface area contributed by atoms with Crippen LogP contribution in [0.25, 0.3) is 0 Å². The Kier molecular flexibility index (Phi) is 3.65. The fourth-order valence-electron chi connectivity index (χ4n) is 1.93. The van der Waals surface area contributed by atoms with E-state index in [1.165, 1.54) is 10.8 Å². The number of aromatic nitrogens is 1. The molecule has 0 aliphatic carbocycles. The van der Waals surface area contributed by atoms with Gasteiger partial charge in [-0.05, 0) is 0 Å². The molecule has 0 aromatic carbocycles. The van der Waals surface area contributed by atoms with E-state index in [1.54, 1.807) is 0 Å². The van der Waals surface area contributed by atoms with Gasteiger partial charge in [-0.2, -0.15) is 13.2 Å². The predicted octanol–water partition coefficient (Wildman–Crippen LogP) is 0.948. The fraction of sp³-hybridized carbons (Fsp3) is 0.400. The minimum atomic E-state index is -5.13. The Hall–Kier alpha value is -1.74. The molecule has 0 radical (unpaired) electrons. The van der Waals surface area contributed by atoms with Crippen LogP contribution in [-0.2, 0) is 16.1 Å². The number of halogens is 4. The topological polar surface area (TPSA) is 86.3 Å². The summed E-state index contributed by atoms with van der Waals surface area (Å²) in [4.78, 5) is 22.2. The third-order valence-corrected chi connectivity index (χ3v) is 2.99. The first-order valence-electron chi connectivity index (χ1n) is 5.41. The Labute approximate surface area is 115 Å². The van der Waals surface area contributed by atoms with Crippen molar-refractivity contribution in [1.82, 2.24) is 9.88 Å². The number of carbonyl (C=O) groups excluding carboxylic acids is 2. The van der Waals surface area contributed by atoms with Gasteiger partial charge in [0.15, 0.2) is 6.23 Å². The third-order valence-electron chi connectivity index (χ3n) is 2.71. The van der Waals surface area contributed by atoms with Crippen LogP contribution in [0.1, 0.15) is 22.3 Å². The van der Waals surface area contributed by atoms with E-state index in [0.717, 1.165) is 0 Å². The molecule has 1 atom stereocenters. The van der Waals surface area contributed by atoms with Gasteiger partial charge in [-0.25, -0.2) is 4.79 Å². The van der Waals surface area contributed by atoms with Crippen molar-refractivity contribution < 1.29 is 27.5 Å². The molecule has 6 nitrogen and oxygen atoms in total. The first-order valence-corrected chi connectivity index (χ1v) is 5.79. The second-order valence-corrected chi connectivity index (χ2v) is 4.44. The van der Waals surface area contributed by atoms with E-state index in [4.69, 9.17) is 17.3 Å². The van der Waals surface area contributed by atoms with Crippen molar-refractivity contribution in [3.8, 4) is 0 Å². The standard InChI is InChI=1S/C10H9ClF3N3O3/c11-4-3-17-2-1-16-8(6(17)5(4)7(15)18)20-9(19)10(12,13)14/h3,8,16H,1-2H2,(H2,15,18). The lowest BCUT2D eigenvalue weighted by molar-refractivity contribution is -0.207. The number of esters is 1. The van der Waals surface area contributed by atoms with Gasteiger partial charge in [0, 0.05) is 19.3 Å². The van der Waals surface area contributed by atoms with Gasteiger partial charge in [-0.3, -0.25) is 10.1 Å². The summed E-state index contributed by atoms with van der Waals surface area (Å²) in [6, 6.07) is 0. The predicted molar refractivity (Wildman–Crippen MR) is 60.9 cm³/mol. The quantitative estimate of drug-likeness (QED) is 0.796. The van der Waals surface area contributed by atoms with Crippen LogP contribution < -0.4 is 11.1 Å². The lowest BCUT2D eigenvalue weighted by Gasteiger charge is -2.27. The Bertz CT molecular complexity index is 570. The van der Waals surface area contributed by atoms with Crippen molar-refractivity contribution in [1.29, 1.82) is 0 Å². The van der Waals surface area contributed by atoms with Crippen molar-refractivity contribution in [2.45, 2.75) is 18.9 Å². The van der Waals surface area contributed by atoms with E-state index in [0.29, 0.717) is 6.54 Å².